The summed E-state index contributed by atoms with van der Waals surface area (Å²) in [7, 11) is 2.20. The molecule has 0 saturated heterocycles. The van der Waals surface area contributed by atoms with Gasteiger partial charge in [-0.2, -0.15) is 0 Å². The first kappa shape index (κ1) is 14.4. The van der Waals surface area contributed by atoms with Crippen LogP contribution in [0, 0.1) is 23.7 Å². The fraction of sp³-hybridized carbons (Fsp3) is 1.00. The van der Waals surface area contributed by atoms with Crippen molar-refractivity contribution in [3.8, 4) is 0 Å². The number of hydrogen-bond donors (Lipinski definition) is 1. The molecule has 1 nitrogen and oxygen atoms in total. The molecular weight excluding hydrogens is 218 g/mol. The SMILES string of the molecule is CNC(C1CCCCC1)C1CCC(C(C)C)CC1. The second-order valence-electron chi connectivity index (χ2n) is 7.13. The van der Waals surface area contributed by atoms with E-state index in [1.54, 1.807) is 0 Å². The second kappa shape index (κ2) is 6.93. The molecule has 18 heavy (non-hydrogen) atoms. The Labute approximate surface area is 114 Å². The number of nitrogens with one attached hydrogen (secondary N) is 1. The molecule has 0 aromatic rings. The second-order valence-corrected chi connectivity index (χ2v) is 7.13. The van der Waals surface area contributed by atoms with Crippen LogP contribution in [0.4, 0.5) is 0 Å². The highest BCUT2D eigenvalue weighted by Crippen LogP contribution is 2.39. The molecule has 106 valence electrons. The molecule has 0 aromatic carbocycles. The monoisotopic (exact) mass is 251 g/mol. The normalized spacial score (nSPS) is 32.7. The summed E-state index contributed by atoms with van der Waals surface area (Å²) in [4.78, 5) is 0. The van der Waals surface area contributed by atoms with Gasteiger partial charge in [0.05, 0.1) is 0 Å². The van der Waals surface area contributed by atoms with Crippen molar-refractivity contribution in [1.29, 1.82) is 0 Å². The van der Waals surface area contributed by atoms with Crippen molar-refractivity contribution in [1.82, 2.24) is 5.32 Å². The molecule has 1 atom stereocenters. The molecule has 0 aromatic heterocycles. The Balaban J connectivity index is 1.85. The van der Waals surface area contributed by atoms with Gasteiger partial charge in [0.2, 0.25) is 0 Å². The molecule has 0 aliphatic heterocycles. The topological polar surface area (TPSA) is 12.0 Å². The highest BCUT2D eigenvalue weighted by molar-refractivity contribution is 4.87. The van der Waals surface area contributed by atoms with Crippen LogP contribution in [0.15, 0.2) is 0 Å². The van der Waals surface area contributed by atoms with Crippen LogP contribution in [0.1, 0.15) is 71.6 Å². The average molecular weight is 251 g/mol. The Hall–Kier alpha value is -0.0400. The van der Waals surface area contributed by atoms with E-state index in [9.17, 15) is 0 Å². The first-order valence-corrected chi connectivity index (χ1v) is 8.39. The zero-order chi connectivity index (χ0) is 13.0. The lowest BCUT2D eigenvalue weighted by atomic mass is 9.70. The molecule has 0 spiro atoms. The van der Waals surface area contributed by atoms with E-state index in [4.69, 9.17) is 0 Å². The van der Waals surface area contributed by atoms with E-state index in [2.05, 4.69) is 26.2 Å². The summed E-state index contributed by atoms with van der Waals surface area (Å²) < 4.78 is 0. The molecule has 2 fully saturated rings. The molecule has 2 aliphatic rings. The van der Waals surface area contributed by atoms with Gasteiger partial charge in [-0.15, -0.1) is 0 Å². The molecule has 0 heterocycles. The van der Waals surface area contributed by atoms with Crippen molar-refractivity contribution < 1.29 is 0 Å². The van der Waals surface area contributed by atoms with Crippen LogP contribution in [0.5, 0.6) is 0 Å². The van der Waals surface area contributed by atoms with Crippen molar-refractivity contribution >= 4 is 0 Å². The minimum absolute atomic E-state index is 0.818. The zero-order valence-corrected chi connectivity index (χ0v) is 12.8. The molecule has 1 unspecified atom stereocenters. The maximum atomic E-state index is 3.69. The van der Waals surface area contributed by atoms with E-state index in [0.717, 1.165) is 29.7 Å². The largest absolute Gasteiger partial charge is 0.316 e. The Bertz CT molecular complexity index is 222. The molecule has 1 N–H and O–H groups in total. The maximum Gasteiger partial charge on any atom is 0.0121 e. The Morgan fingerprint density at radius 1 is 0.722 bits per heavy atom. The summed E-state index contributed by atoms with van der Waals surface area (Å²) >= 11 is 0. The summed E-state index contributed by atoms with van der Waals surface area (Å²) in [5.74, 6) is 3.84. The molecule has 0 radical (unpaired) electrons. The summed E-state index contributed by atoms with van der Waals surface area (Å²) in [6, 6.07) is 0.818. The summed E-state index contributed by atoms with van der Waals surface area (Å²) in [6.07, 6.45) is 13.3. The van der Waals surface area contributed by atoms with Gasteiger partial charge in [0, 0.05) is 6.04 Å². The number of rotatable bonds is 4. The zero-order valence-electron chi connectivity index (χ0n) is 12.8. The van der Waals surface area contributed by atoms with Crippen molar-refractivity contribution in [2.75, 3.05) is 7.05 Å². The van der Waals surface area contributed by atoms with E-state index in [1.807, 2.05) is 0 Å². The molecule has 2 saturated carbocycles. The van der Waals surface area contributed by atoms with E-state index in [0.29, 0.717) is 0 Å². The predicted octanol–water partition coefficient (Wildman–Crippen LogP) is 4.62. The lowest BCUT2D eigenvalue weighted by Gasteiger charge is -2.40. The highest BCUT2D eigenvalue weighted by Gasteiger charge is 2.32. The minimum Gasteiger partial charge on any atom is -0.316 e. The van der Waals surface area contributed by atoms with E-state index in [-0.39, 0.29) is 0 Å². The van der Waals surface area contributed by atoms with Gasteiger partial charge in [-0.25, -0.2) is 0 Å². The van der Waals surface area contributed by atoms with Crippen LogP contribution < -0.4 is 5.32 Å². The Morgan fingerprint density at radius 2 is 1.22 bits per heavy atom. The summed E-state index contributed by atoms with van der Waals surface area (Å²) in [6.45, 7) is 4.81. The summed E-state index contributed by atoms with van der Waals surface area (Å²) in [5.41, 5.74) is 0. The van der Waals surface area contributed by atoms with Crippen molar-refractivity contribution in [3.63, 3.8) is 0 Å². The average Bonchev–Trinajstić information content (AvgIpc) is 2.41. The maximum absolute atomic E-state index is 3.69. The molecule has 0 amide bonds. The fourth-order valence-corrected chi connectivity index (χ4v) is 4.52. The molecule has 2 rings (SSSR count). The standard InChI is InChI=1S/C17H33N/c1-13(2)14-9-11-16(12-10-14)17(18-3)15-7-5-4-6-8-15/h13-18H,4-12H2,1-3H3. The van der Waals surface area contributed by atoms with Gasteiger partial charge >= 0.3 is 0 Å². The third-order valence-electron chi connectivity index (χ3n) is 5.76. The lowest BCUT2D eigenvalue weighted by molar-refractivity contribution is 0.143. The number of hydrogen-bond acceptors (Lipinski definition) is 1. The van der Waals surface area contributed by atoms with Gasteiger partial charge in [-0.3, -0.25) is 0 Å². The first-order chi connectivity index (χ1) is 8.72. The first-order valence-electron chi connectivity index (χ1n) is 8.39. The van der Waals surface area contributed by atoms with E-state index in [1.165, 1.54) is 57.8 Å². The fourth-order valence-electron chi connectivity index (χ4n) is 4.52. The van der Waals surface area contributed by atoms with E-state index >= 15 is 0 Å². The van der Waals surface area contributed by atoms with Gasteiger partial charge in [0.15, 0.2) is 0 Å². The van der Waals surface area contributed by atoms with Gasteiger partial charge in [0.25, 0.3) is 0 Å². The van der Waals surface area contributed by atoms with Crippen molar-refractivity contribution in [2.24, 2.45) is 23.7 Å². The quantitative estimate of drug-likeness (QED) is 0.769. The van der Waals surface area contributed by atoms with Crippen LogP contribution in [-0.4, -0.2) is 13.1 Å². The van der Waals surface area contributed by atoms with E-state index < -0.39 is 0 Å². The lowest BCUT2D eigenvalue weighted by Crippen LogP contribution is -2.42. The van der Waals surface area contributed by atoms with Crippen molar-refractivity contribution in [2.45, 2.75) is 77.7 Å². The molecule has 1 heteroatoms. The van der Waals surface area contributed by atoms with Crippen LogP contribution >= 0.6 is 0 Å². The van der Waals surface area contributed by atoms with Crippen LogP contribution in [0.3, 0.4) is 0 Å². The van der Waals surface area contributed by atoms with Crippen molar-refractivity contribution in [3.05, 3.63) is 0 Å². The third kappa shape index (κ3) is 3.50. The third-order valence-corrected chi connectivity index (χ3v) is 5.76. The molecular formula is C17H33N. The smallest absolute Gasteiger partial charge is 0.0121 e. The predicted molar refractivity (Wildman–Crippen MR) is 79.7 cm³/mol. The Morgan fingerprint density at radius 3 is 1.72 bits per heavy atom. The molecule has 2 aliphatic carbocycles. The van der Waals surface area contributed by atoms with Crippen LogP contribution in [0.25, 0.3) is 0 Å². The van der Waals surface area contributed by atoms with Crippen LogP contribution in [0.2, 0.25) is 0 Å². The highest BCUT2D eigenvalue weighted by atomic mass is 14.9. The Kier molecular flexibility index (Phi) is 5.54. The van der Waals surface area contributed by atoms with Gasteiger partial charge in [-0.1, -0.05) is 33.1 Å². The van der Waals surface area contributed by atoms with Gasteiger partial charge < -0.3 is 5.32 Å². The minimum atomic E-state index is 0.818. The van der Waals surface area contributed by atoms with Gasteiger partial charge in [-0.05, 0) is 69.2 Å². The van der Waals surface area contributed by atoms with Gasteiger partial charge in [0.1, 0.15) is 0 Å². The van der Waals surface area contributed by atoms with Crippen LogP contribution in [-0.2, 0) is 0 Å². The summed E-state index contributed by atoms with van der Waals surface area (Å²) in [5, 5.41) is 3.69. The molecule has 0 bridgehead atoms.